The predicted octanol–water partition coefficient (Wildman–Crippen LogP) is 3.79. The molecule has 1 saturated carbocycles. The first-order valence-electron chi connectivity index (χ1n) is 8.40. The highest BCUT2D eigenvalue weighted by Gasteiger charge is 2.45. The molecule has 1 aromatic heterocycles. The zero-order chi connectivity index (χ0) is 18.1. The third-order valence-corrected chi connectivity index (χ3v) is 9.92. The molecule has 2 rings (SSSR count). The number of hydrogen-bond donors (Lipinski definition) is 0. The molecule has 1 aromatic rings. The first-order valence-corrected chi connectivity index (χ1v) is 11.7. The molecule has 0 aromatic carbocycles. The SMILES string of the molecule is C[C@@H]1CC(=O)C[C@@H](O[Si](C)(C)C(C)(C)C)[C@H]1OC(=S)n1ccnc1. The van der Waals surface area contributed by atoms with Crippen LogP contribution in [0.25, 0.3) is 0 Å². The van der Waals surface area contributed by atoms with Gasteiger partial charge in [-0.2, -0.15) is 0 Å². The number of thiocarbonyl (C=S) groups is 1. The van der Waals surface area contributed by atoms with Crippen LogP contribution < -0.4 is 0 Å². The molecule has 134 valence electrons. The second kappa shape index (κ2) is 7.05. The summed E-state index contributed by atoms with van der Waals surface area (Å²) in [6, 6.07) is 0. The molecule has 0 radical (unpaired) electrons. The Labute approximate surface area is 150 Å². The van der Waals surface area contributed by atoms with Crippen molar-refractivity contribution in [2.75, 3.05) is 0 Å². The highest BCUT2D eigenvalue weighted by molar-refractivity contribution is 7.80. The fraction of sp³-hybridized carbons (Fsp3) is 0.706. The molecule has 24 heavy (non-hydrogen) atoms. The van der Waals surface area contributed by atoms with Crippen molar-refractivity contribution in [1.29, 1.82) is 0 Å². The van der Waals surface area contributed by atoms with Crippen molar-refractivity contribution in [3.05, 3.63) is 18.7 Å². The van der Waals surface area contributed by atoms with Gasteiger partial charge in [-0.05, 0) is 30.4 Å². The number of nitrogens with zero attached hydrogens (tertiary/aromatic N) is 2. The summed E-state index contributed by atoms with van der Waals surface area (Å²) in [7, 11) is -2.01. The van der Waals surface area contributed by atoms with Crippen molar-refractivity contribution >= 4 is 31.5 Å². The zero-order valence-electron chi connectivity index (χ0n) is 15.4. The van der Waals surface area contributed by atoms with Crippen LogP contribution in [-0.4, -0.2) is 41.0 Å². The van der Waals surface area contributed by atoms with Gasteiger partial charge in [0.05, 0.1) is 6.10 Å². The van der Waals surface area contributed by atoms with Gasteiger partial charge in [0.25, 0.3) is 5.17 Å². The molecule has 1 aliphatic carbocycles. The number of carbonyl (C=O) groups excluding carboxylic acids is 1. The molecule has 0 unspecified atom stereocenters. The summed E-state index contributed by atoms with van der Waals surface area (Å²) in [6.07, 6.45) is 5.47. The first-order chi connectivity index (χ1) is 11.0. The van der Waals surface area contributed by atoms with Gasteiger partial charge in [-0.15, -0.1) is 0 Å². The third kappa shape index (κ3) is 4.32. The molecule has 3 atom stereocenters. The second-order valence-electron chi connectivity index (χ2n) is 8.16. The van der Waals surface area contributed by atoms with Crippen molar-refractivity contribution in [2.45, 2.75) is 70.9 Å². The molecule has 1 aliphatic rings. The van der Waals surface area contributed by atoms with E-state index in [1.165, 1.54) is 0 Å². The van der Waals surface area contributed by atoms with E-state index in [1.807, 2.05) is 6.92 Å². The van der Waals surface area contributed by atoms with Crippen molar-refractivity contribution in [3.63, 3.8) is 0 Å². The molecule has 0 amide bonds. The molecule has 1 heterocycles. The van der Waals surface area contributed by atoms with Crippen LogP contribution in [0.15, 0.2) is 18.7 Å². The third-order valence-electron chi connectivity index (χ3n) is 5.11. The number of carbonyl (C=O) groups is 1. The largest absolute Gasteiger partial charge is 0.464 e. The van der Waals surface area contributed by atoms with Crippen LogP contribution in [0.3, 0.4) is 0 Å². The number of Topliss-reactive ketones (excluding diaryl/α,β-unsaturated/α-hetero) is 1. The first kappa shape index (κ1) is 19.3. The molecule has 0 bridgehead atoms. The maximum atomic E-state index is 12.1. The minimum Gasteiger partial charge on any atom is -0.464 e. The Hall–Kier alpha value is -1.05. The summed E-state index contributed by atoms with van der Waals surface area (Å²) >= 11 is 5.38. The van der Waals surface area contributed by atoms with E-state index >= 15 is 0 Å². The molecular formula is C17H28N2O3SSi. The van der Waals surface area contributed by atoms with Crippen LogP contribution in [0.4, 0.5) is 0 Å². The molecule has 7 heteroatoms. The Morgan fingerprint density at radius 2 is 2.04 bits per heavy atom. The quantitative estimate of drug-likeness (QED) is 0.600. The Bertz CT molecular complexity index is 595. The Morgan fingerprint density at radius 3 is 2.58 bits per heavy atom. The van der Waals surface area contributed by atoms with Crippen LogP contribution in [0, 0.1) is 5.92 Å². The number of hydrogen-bond acceptors (Lipinski definition) is 5. The lowest BCUT2D eigenvalue weighted by atomic mass is 9.85. The number of imidazole rings is 1. The maximum Gasteiger partial charge on any atom is 0.269 e. The lowest BCUT2D eigenvalue weighted by Crippen LogP contribution is -2.52. The lowest BCUT2D eigenvalue weighted by molar-refractivity contribution is -0.129. The van der Waals surface area contributed by atoms with Gasteiger partial charge in [-0.25, -0.2) is 4.98 Å². The van der Waals surface area contributed by atoms with Gasteiger partial charge in [0.2, 0.25) is 0 Å². The standard InChI is InChI=1S/C17H28N2O3SSi/c1-12-9-13(20)10-14(22-24(5,6)17(2,3)4)15(12)21-16(23)19-8-7-18-11-19/h7-8,11-12,14-15H,9-10H2,1-6H3/t12-,14-,15+/m1/s1. The Kier molecular flexibility index (Phi) is 5.67. The van der Waals surface area contributed by atoms with E-state index < -0.39 is 8.32 Å². The Balaban J connectivity index is 2.18. The van der Waals surface area contributed by atoms with E-state index in [0.29, 0.717) is 18.0 Å². The summed E-state index contributed by atoms with van der Waals surface area (Å²) in [5, 5.41) is 0.425. The van der Waals surface area contributed by atoms with Crippen LogP contribution in [0.2, 0.25) is 18.1 Å². The monoisotopic (exact) mass is 368 g/mol. The van der Waals surface area contributed by atoms with Crippen LogP contribution in [-0.2, 0) is 14.0 Å². The minimum absolute atomic E-state index is 0.0717. The summed E-state index contributed by atoms with van der Waals surface area (Å²) in [5.74, 6) is 0.307. The average molecular weight is 369 g/mol. The fourth-order valence-electron chi connectivity index (χ4n) is 2.67. The van der Waals surface area contributed by atoms with E-state index in [4.69, 9.17) is 21.4 Å². The van der Waals surface area contributed by atoms with E-state index in [1.54, 1.807) is 23.3 Å². The summed E-state index contributed by atoms with van der Waals surface area (Å²) < 4.78 is 14.3. The number of aromatic nitrogens is 2. The van der Waals surface area contributed by atoms with Crippen LogP contribution in [0.5, 0.6) is 0 Å². The molecule has 0 aliphatic heterocycles. The van der Waals surface area contributed by atoms with Gasteiger partial charge in [-0.1, -0.05) is 27.7 Å². The van der Waals surface area contributed by atoms with Crippen molar-refractivity contribution in [1.82, 2.24) is 9.55 Å². The van der Waals surface area contributed by atoms with E-state index in [9.17, 15) is 4.79 Å². The predicted molar refractivity (Wildman–Crippen MR) is 101 cm³/mol. The smallest absolute Gasteiger partial charge is 0.269 e. The fourth-order valence-corrected chi connectivity index (χ4v) is 4.21. The number of rotatable bonds is 3. The average Bonchev–Trinajstić information content (AvgIpc) is 2.94. The van der Waals surface area contributed by atoms with Crippen molar-refractivity contribution in [3.8, 4) is 0 Å². The second-order valence-corrected chi connectivity index (χ2v) is 13.3. The van der Waals surface area contributed by atoms with Gasteiger partial charge in [0.15, 0.2) is 8.32 Å². The van der Waals surface area contributed by atoms with Gasteiger partial charge < -0.3 is 9.16 Å². The Morgan fingerprint density at radius 1 is 1.38 bits per heavy atom. The van der Waals surface area contributed by atoms with Crippen LogP contribution >= 0.6 is 12.2 Å². The lowest BCUT2D eigenvalue weighted by Gasteiger charge is -2.44. The van der Waals surface area contributed by atoms with Gasteiger partial charge in [-0.3, -0.25) is 9.36 Å². The normalized spacial score (nSPS) is 25.6. The highest BCUT2D eigenvalue weighted by atomic mass is 32.1. The number of ketones is 1. The van der Waals surface area contributed by atoms with Crippen molar-refractivity contribution in [2.24, 2.45) is 5.92 Å². The minimum atomic E-state index is -2.01. The molecular weight excluding hydrogens is 340 g/mol. The van der Waals surface area contributed by atoms with Crippen LogP contribution in [0.1, 0.15) is 40.5 Å². The molecule has 0 N–H and O–H groups in total. The number of ether oxygens (including phenoxy) is 1. The summed E-state index contributed by atoms with van der Waals surface area (Å²) in [4.78, 5) is 16.1. The molecule has 0 spiro atoms. The van der Waals surface area contributed by atoms with Gasteiger partial charge in [0, 0.05) is 31.2 Å². The van der Waals surface area contributed by atoms with E-state index in [-0.39, 0.29) is 28.9 Å². The molecule has 1 fully saturated rings. The maximum absolute atomic E-state index is 12.1. The zero-order valence-corrected chi connectivity index (χ0v) is 17.2. The summed E-state index contributed by atoms with van der Waals surface area (Å²) in [5.41, 5.74) is 0. The van der Waals surface area contributed by atoms with Crippen molar-refractivity contribution < 1.29 is 14.0 Å². The van der Waals surface area contributed by atoms with E-state index in [0.717, 1.165) is 0 Å². The highest BCUT2D eigenvalue weighted by Crippen LogP contribution is 2.40. The topological polar surface area (TPSA) is 53.4 Å². The molecule has 0 saturated heterocycles. The van der Waals surface area contributed by atoms with E-state index in [2.05, 4.69) is 38.8 Å². The molecule has 5 nitrogen and oxygen atoms in total. The summed E-state index contributed by atoms with van der Waals surface area (Å²) in [6.45, 7) is 13.0. The van der Waals surface area contributed by atoms with Gasteiger partial charge in [0.1, 0.15) is 18.2 Å². The van der Waals surface area contributed by atoms with Gasteiger partial charge >= 0.3 is 0 Å².